The van der Waals surface area contributed by atoms with Crippen LogP contribution in [0.15, 0.2) is 23.1 Å². The molecule has 0 fully saturated rings. The van der Waals surface area contributed by atoms with Gasteiger partial charge in [-0.15, -0.1) is 0 Å². The zero-order valence-electron chi connectivity index (χ0n) is 9.54. The van der Waals surface area contributed by atoms with Gasteiger partial charge in [0.25, 0.3) is 10.1 Å². The monoisotopic (exact) mass is 258 g/mol. The Morgan fingerprint density at radius 2 is 2.06 bits per heavy atom. The van der Waals surface area contributed by atoms with E-state index < -0.39 is 21.8 Å². The maximum absolute atomic E-state index is 11.0. The lowest BCUT2D eigenvalue weighted by molar-refractivity contribution is 0.0112. The van der Waals surface area contributed by atoms with Crippen LogP contribution < -0.4 is 4.74 Å². The second-order valence-electron chi connectivity index (χ2n) is 4.76. The summed E-state index contributed by atoms with van der Waals surface area (Å²) < 4.78 is 36.5. The van der Waals surface area contributed by atoms with Crippen LogP contribution in [0.1, 0.15) is 31.9 Å². The van der Waals surface area contributed by atoms with E-state index in [2.05, 4.69) is 0 Å². The number of fused-ring (bicyclic) bond motifs is 1. The maximum Gasteiger partial charge on any atom is 0.294 e. The van der Waals surface area contributed by atoms with Gasteiger partial charge in [-0.25, -0.2) is 0 Å². The van der Waals surface area contributed by atoms with Gasteiger partial charge in [-0.1, -0.05) is 6.07 Å². The molecule has 94 valence electrons. The minimum Gasteiger partial charge on any atom is -0.487 e. The Balaban J connectivity index is 2.53. The van der Waals surface area contributed by atoms with Gasteiger partial charge in [0.2, 0.25) is 0 Å². The van der Waals surface area contributed by atoms with Crippen LogP contribution in [0.25, 0.3) is 0 Å². The molecule has 1 unspecified atom stereocenters. The molecule has 0 saturated carbocycles. The smallest absolute Gasteiger partial charge is 0.294 e. The van der Waals surface area contributed by atoms with Crippen LogP contribution in [0.2, 0.25) is 0 Å². The first-order chi connectivity index (χ1) is 7.69. The lowest BCUT2D eigenvalue weighted by Crippen LogP contribution is -2.34. The van der Waals surface area contributed by atoms with Gasteiger partial charge in [-0.05, 0) is 19.9 Å². The molecule has 0 aromatic heterocycles. The SMILES string of the molecule is CC1(C)CC(O)c2ccc(S(=O)(=O)O)cc2O1. The van der Waals surface area contributed by atoms with Gasteiger partial charge in [0, 0.05) is 18.1 Å². The van der Waals surface area contributed by atoms with Crippen LogP contribution >= 0.6 is 0 Å². The number of ether oxygens (including phenoxy) is 1. The fourth-order valence-electron chi connectivity index (χ4n) is 1.95. The summed E-state index contributed by atoms with van der Waals surface area (Å²) in [5.74, 6) is 0.295. The van der Waals surface area contributed by atoms with Crippen molar-refractivity contribution in [2.75, 3.05) is 0 Å². The first-order valence-electron chi connectivity index (χ1n) is 5.17. The van der Waals surface area contributed by atoms with E-state index in [0.29, 0.717) is 17.7 Å². The Kier molecular flexibility index (Phi) is 2.68. The molecule has 0 spiro atoms. The Bertz CT molecular complexity index is 547. The van der Waals surface area contributed by atoms with Gasteiger partial charge < -0.3 is 9.84 Å². The van der Waals surface area contributed by atoms with Crippen molar-refractivity contribution in [3.05, 3.63) is 23.8 Å². The number of aliphatic hydroxyl groups excluding tert-OH is 1. The second-order valence-corrected chi connectivity index (χ2v) is 6.18. The topological polar surface area (TPSA) is 83.8 Å². The van der Waals surface area contributed by atoms with E-state index in [1.807, 2.05) is 0 Å². The molecule has 0 radical (unpaired) electrons. The van der Waals surface area contributed by atoms with Gasteiger partial charge in [-0.2, -0.15) is 8.42 Å². The highest BCUT2D eigenvalue weighted by molar-refractivity contribution is 7.85. The second kappa shape index (κ2) is 3.69. The van der Waals surface area contributed by atoms with E-state index in [4.69, 9.17) is 9.29 Å². The normalized spacial score (nSPS) is 22.7. The number of hydrogen-bond donors (Lipinski definition) is 2. The Morgan fingerprint density at radius 1 is 1.41 bits per heavy atom. The summed E-state index contributed by atoms with van der Waals surface area (Å²) in [6.07, 6.45) is -0.255. The molecule has 1 aliphatic heterocycles. The van der Waals surface area contributed by atoms with E-state index >= 15 is 0 Å². The number of hydrogen-bond acceptors (Lipinski definition) is 4. The molecule has 0 bridgehead atoms. The summed E-state index contributed by atoms with van der Waals surface area (Å²) in [6, 6.07) is 3.94. The lowest BCUT2D eigenvalue weighted by Gasteiger charge is -2.35. The third kappa shape index (κ3) is 2.43. The highest BCUT2D eigenvalue weighted by Crippen LogP contribution is 2.40. The average molecular weight is 258 g/mol. The van der Waals surface area contributed by atoms with E-state index in [1.54, 1.807) is 13.8 Å². The molecule has 0 amide bonds. The molecule has 1 aromatic rings. The van der Waals surface area contributed by atoms with Crippen LogP contribution in [-0.4, -0.2) is 23.7 Å². The van der Waals surface area contributed by atoms with Crippen molar-refractivity contribution in [3.8, 4) is 5.75 Å². The van der Waals surface area contributed by atoms with Gasteiger partial charge in [0.05, 0.1) is 11.0 Å². The van der Waals surface area contributed by atoms with Crippen LogP contribution in [-0.2, 0) is 10.1 Å². The molecule has 0 saturated heterocycles. The van der Waals surface area contributed by atoms with Crippen molar-refractivity contribution in [2.24, 2.45) is 0 Å². The lowest BCUT2D eigenvalue weighted by atomic mass is 9.92. The molecular weight excluding hydrogens is 244 g/mol. The van der Waals surface area contributed by atoms with Gasteiger partial charge in [0.15, 0.2) is 0 Å². The Hall–Kier alpha value is -1.11. The molecule has 2 rings (SSSR count). The van der Waals surface area contributed by atoms with Crippen LogP contribution in [0.5, 0.6) is 5.75 Å². The van der Waals surface area contributed by atoms with Crippen LogP contribution in [0, 0.1) is 0 Å². The zero-order chi connectivity index (χ0) is 12.8. The molecule has 1 aliphatic rings. The molecule has 1 aromatic carbocycles. The first-order valence-corrected chi connectivity index (χ1v) is 6.62. The van der Waals surface area contributed by atoms with Gasteiger partial charge in [-0.3, -0.25) is 4.55 Å². The number of benzene rings is 1. The highest BCUT2D eigenvalue weighted by Gasteiger charge is 2.33. The molecule has 1 heterocycles. The molecule has 17 heavy (non-hydrogen) atoms. The fraction of sp³-hybridized carbons (Fsp3) is 0.455. The number of rotatable bonds is 1. The largest absolute Gasteiger partial charge is 0.487 e. The standard InChI is InChI=1S/C11H14O5S/c1-11(2)6-9(12)8-4-3-7(17(13,14)15)5-10(8)16-11/h3-5,9,12H,6H2,1-2H3,(H,13,14,15). The molecule has 2 N–H and O–H groups in total. The molecule has 1 atom stereocenters. The minimum atomic E-state index is -4.25. The average Bonchev–Trinajstić information content (AvgIpc) is 2.13. The van der Waals surface area contributed by atoms with Gasteiger partial charge >= 0.3 is 0 Å². The van der Waals surface area contributed by atoms with Crippen LogP contribution in [0.3, 0.4) is 0 Å². The van der Waals surface area contributed by atoms with E-state index in [0.717, 1.165) is 0 Å². The van der Waals surface area contributed by atoms with Crippen LogP contribution in [0.4, 0.5) is 0 Å². The first kappa shape index (κ1) is 12.3. The summed E-state index contributed by atoms with van der Waals surface area (Å²) in [5, 5.41) is 9.90. The molecule has 6 heteroatoms. The molecule has 5 nitrogen and oxygen atoms in total. The molecular formula is C11H14O5S. The fourth-order valence-corrected chi connectivity index (χ4v) is 2.45. The maximum atomic E-state index is 11.0. The predicted octanol–water partition coefficient (Wildman–Crippen LogP) is 1.53. The van der Waals surface area contributed by atoms with Crippen molar-refractivity contribution in [1.82, 2.24) is 0 Å². The van der Waals surface area contributed by atoms with Crippen molar-refractivity contribution >= 4 is 10.1 Å². The van der Waals surface area contributed by atoms with E-state index in [-0.39, 0.29) is 4.90 Å². The van der Waals surface area contributed by atoms with Crippen molar-refractivity contribution in [1.29, 1.82) is 0 Å². The summed E-state index contributed by atoms with van der Waals surface area (Å²) >= 11 is 0. The van der Waals surface area contributed by atoms with Crippen molar-refractivity contribution in [2.45, 2.75) is 36.9 Å². The predicted molar refractivity (Wildman–Crippen MR) is 60.5 cm³/mol. The Morgan fingerprint density at radius 3 is 2.65 bits per heavy atom. The minimum absolute atomic E-state index is 0.235. The summed E-state index contributed by atoms with van der Waals surface area (Å²) in [5.41, 5.74) is -0.0266. The third-order valence-corrected chi connectivity index (χ3v) is 3.56. The van der Waals surface area contributed by atoms with Crippen molar-refractivity contribution in [3.63, 3.8) is 0 Å². The Labute approximate surface area is 99.8 Å². The molecule has 0 aliphatic carbocycles. The van der Waals surface area contributed by atoms with Gasteiger partial charge in [0.1, 0.15) is 11.4 Å². The number of aliphatic hydroxyl groups is 1. The van der Waals surface area contributed by atoms with E-state index in [9.17, 15) is 13.5 Å². The summed E-state index contributed by atoms with van der Waals surface area (Å²) in [6.45, 7) is 3.61. The quantitative estimate of drug-likeness (QED) is 0.746. The van der Waals surface area contributed by atoms with E-state index in [1.165, 1.54) is 18.2 Å². The van der Waals surface area contributed by atoms with Crippen molar-refractivity contribution < 1.29 is 22.8 Å². The summed E-state index contributed by atoms with van der Waals surface area (Å²) in [7, 11) is -4.25. The third-order valence-electron chi connectivity index (χ3n) is 2.71. The zero-order valence-corrected chi connectivity index (χ0v) is 10.4. The summed E-state index contributed by atoms with van der Waals surface area (Å²) in [4.78, 5) is -0.235. The highest BCUT2D eigenvalue weighted by atomic mass is 32.2.